The fraction of sp³-hybridized carbons (Fsp3) is 0.357. The van der Waals surface area contributed by atoms with Gasteiger partial charge in [-0.15, -0.1) is 0 Å². The zero-order chi connectivity index (χ0) is 15.2. The number of primary amides is 1. The number of carboxylic acid groups (broad SMARTS) is 1. The van der Waals surface area contributed by atoms with Gasteiger partial charge >= 0.3 is 6.09 Å². The summed E-state index contributed by atoms with van der Waals surface area (Å²) in [6.07, 6.45) is 0.356. The number of benzene rings is 1. The largest absolute Gasteiger partial charge is 0.465 e. The number of para-hydroxylation sites is 1. The van der Waals surface area contributed by atoms with E-state index in [-0.39, 0.29) is 5.56 Å². The second-order valence-electron chi connectivity index (χ2n) is 5.35. The predicted molar refractivity (Wildman–Crippen MR) is 73.8 cm³/mol. The summed E-state index contributed by atoms with van der Waals surface area (Å²) < 4.78 is 5.71. The van der Waals surface area contributed by atoms with Crippen molar-refractivity contribution in [1.29, 1.82) is 0 Å². The Bertz CT molecular complexity index is 739. The first-order valence-corrected chi connectivity index (χ1v) is 6.64. The molecule has 7 heteroatoms. The summed E-state index contributed by atoms with van der Waals surface area (Å²) in [7, 11) is 0. The predicted octanol–water partition coefficient (Wildman–Crippen LogP) is 1.92. The molecule has 3 rings (SSSR count). The standard InChI is InChI=1S/C14H15N3O4/c1-14(6-3-7-17(14)13(19)20)12-16-9-5-2-4-8(11(15)18)10(9)21-12/h2,4-5H,3,6-7H2,1H3,(H2,15,18)(H,19,20). The quantitative estimate of drug-likeness (QED) is 0.877. The first-order chi connectivity index (χ1) is 9.93. The maximum Gasteiger partial charge on any atom is 0.408 e. The van der Waals surface area contributed by atoms with Crippen molar-refractivity contribution < 1.29 is 19.1 Å². The van der Waals surface area contributed by atoms with Gasteiger partial charge in [0.2, 0.25) is 5.89 Å². The topological polar surface area (TPSA) is 110 Å². The number of aromatic nitrogens is 1. The van der Waals surface area contributed by atoms with Gasteiger partial charge < -0.3 is 15.3 Å². The van der Waals surface area contributed by atoms with Gasteiger partial charge in [0.25, 0.3) is 5.91 Å². The molecule has 3 N–H and O–H groups in total. The van der Waals surface area contributed by atoms with Crippen LogP contribution in [-0.4, -0.2) is 33.5 Å². The summed E-state index contributed by atoms with van der Waals surface area (Å²) in [5, 5.41) is 9.31. The third kappa shape index (κ3) is 1.93. The molecule has 2 heterocycles. The van der Waals surface area contributed by atoms with Gasteiger partial charge in [-0.3, -0.25) is 9.69 Å². The van der Waals surface area contributed by atoms with Crippen molar-refractivity contribution in [1.82, 2.24) is 9.88 Å². The molecule has 21 heavy (non-hydrogen) atoms. The Morgan fingerprint density at radius 2 is 2.24 bits per heavy atom. The van der Waals surface area contributed by atoms with E-state index in [2.05, 4.69) is 4.98 Å². The molecule has 1 aromatic carbocycles. The van der Waals surface area contributed by atoms with Crippen LogP contribution in [0.2, 0.25) is 0 Å². The van der Waals surface area contributed by atoms with Gasteiger partial charge in [-0.2, -0.15) is 0 Å². The third-order valence-corrected chi connectivity index (χ3v) is 4.01. The Morgan fingerprint density at radius 1 is 1.48 bits per heavy atom. The van der Waals surface area contributed by atoms with E-state index in [1.807, 2.05) is 0 Å². The Kier molecular flexibility index (Phi) is 2.86. The molecular formula is C14H15N3O4. The maximum atomic E-state index is 11.4. The highest BCUT2D eigenvalue weighted by molar-refractivity contribution is 6.03. The number of likely N-dealkylation sites (tertiary alicyclic amines) is 1. The average Bonchev–Trinajstić information content (AvgIpc) is 3.01. The van der Waals surface area contributed by atoms with Crippen molar-refractivity contribution in [2.24, 2.45) is 5.73 Å². The SMILES string of the molecule is CC1(c2nc3cccc(C(N)=O)c3o2)CCCN1C(=O)O. The van der Waals surface area contributed by atoms with Gasteiger partial charge in [0.15, 0.2) is 5.58 Å². The van der Waals surface area contributed by atoms with Crippen LogP contribution in [0.5, 0.6) is 0 Å². The molecule has 0 radical (unpaired) electrons. The normalized spacial score (nSPS) is 21.9. The highest BCUT2D eigenvalue weighted by Gasteiger charge is 2.45. The van der Waals surface area contributed by atoms with Gasteiger partial charge in [-0.1, -0.05) is 6.07 Å². The van der Waals surface area contributed by atoms with Crippen LogP contribution in [0, 0.1) is 0 Å². The molecule has 2 amide bonds. The Morgan fingerprint density at radius 3 is 2.90 bits per heavy atom. The van der Waals surface area contributed by atoms with Crippen LogP contribution >= 0.6 is 0 Å². The van der Waals surface area contributed by atoms with Crippen LogP contribution in [0.3, 0.4) is 0 Å². The summed E-state index contributed by atoms with van der Waals surface area (Å²) >= 11 is 0. The Labute approximate surface area is 120 Å². The van der Waals surface area contributed by atoms with Crippen molar-refractivity contribution in [3.8, 4) is 0 Å². The fourth-order valence-corrected chi connectivity index (χ4v) is 2.87. The molecule has 1 fully saturated rings. The molecule has 110 valence electrons. The fourth-order valence-electron chi connectivity index (χ4n) is 2.87. The van der Waals surface area contributed by atoms with Crippen LogP contribution in [-0.2, 0) is 5.54 Å². The molecule has 7 nitrogen and oxygen atoms in total. The van der Waals surface area contributed by atoms with Gasteiger partial charge in [0.1, 0.15) is 11.1 Å². The Hall–Kier alpha value is -2.57. The van der Waals surface area contributed by atoms with Crippen molar-refractivity contribution in [2.45, 2.75) is 25.3 Å². The number of oxazole rings is 1. The minimum absolute atomic E-state index is 0.245. The molecule has 0 spiro atoms. The first kappa shape index (κ1) is 13.4. The molecule has 2 aromatic rings. The maximum absolute atomic E-state index is 11.4. The summed E-state index contributed by atoms with van der Waals surface area (Å²) in [6.45, 7) is 2.22. The van der Waals surface area contributed by atoms with Gasteiger partial charge in [0.05, 0.1) is 5.56 Å². The van der Waals surface area contributed by atoms with Crippen LogP contribution in [0.4, 0.5) is 4.79 Å². The first-order valence-electron chi connectivity index (χ1n) is 6.64. The van der Waals surface area contributed by atoms with Crippen molar-refractivity contribution in [3.05, 3.63) is 29.7 Å². The lowest BCUT2D eigenvalue weighted by molar-refractivity contribution is 0.0950. The molecule has 0 aliphatic carbocycles. The van der Waals surface area contributed by atoms with E-state index in [1.165, 1.54) is 4.90 Å². The number of nitrogens with two attached hydrogens (primary N) is 1. The minimum Gasteiger partial charge on any atom is -0.465 e. The molecule has 1 saturated heterocycles. The lowest BCUT2D eigenvalue weighted by Crippen LogP contribution is -2.42. The zero-order valence-corrected chi connectivity index (χ0v) is 11.5. The van der Waals surface area contributed by atoms with Gasteiger partial charge in [0, 0.05) is 6.54 Å². The van der Waals surface area contributed by atoms with Gasteiger partial charge in [-0.05, 0) is 31.9 Å². The van der Waals surface area contributed by atoms with Crippen LogP contribution in [0.25, 0.3) is 11.1 Å². The van der Waals surface area contributed by atoms with Crippen LogP contribution in [0.15, 0.2) is 22.6 Å². The summed E-state index contributed by atoms with van der Waals surface area (Å²) in [5.41, 5.74) is 5.55. The number of hydrogen-bond donors (Lipinski definition) is 2. The van der Waals surface area contributed by atoms with E-state index >= 15 is 0 Å². The Balaban J connectivity index is 2.15. The molecular weight excluding hydrogens is 274 g/mol. The molecule has 0 saturated carbocycles. The zero-order valence-electron chi connectivity index (χ0n) is 11.5. The number of hydrogen-bond acceptors (Lipinski definition) is 4. The van der Waals surface area contributed by atoms with Crippen LogP contribution < -0.4 is 5.73 Å². The van der Waals surface area contributed by atoms with E-state index in [9.17, 15) is 14.7 Å². The average molecular weight is 289 g/mol. The molecule has 1 unspecified atom stereocenters. The highest BCUT2D eigenvalue weighted by Crippen LogP contribution is 2.39. The lowest BCUT2D eigenvalue weighted by Gasteiger charge is -2.29. The summed E-state index contributed by atoms with van der Waals surface area (Å²) in [5.74, 6) is -0.305. The van der Waals surface area contributed by atoms with E-state index < -0.39 is 17.5 Å². The third-order valence-electron chi connectivity index (χ3n) is 4.01. The second kappa shape index (κ2) is 4.47. The van der Waals surface area contributed by atoms with E-state index in [0.717, 1.165) is 6.42 Å². The summed E-state index contributed by atoms with van der Waals surface area (Å²) in [6, 6.07) is 4.93. The number of carbonyl (C=O) groups excluding carboxylic acids is 1. The number of rotatable bonds is 2. The molecule has 1 aliphatic rings. The van der Waals surface area contributed by atoms with Crippen molar-refractivity contribution >= 4 is 23.1 Å². The smallest absolute Gasteiger partial charge is 0.408 e. The highest BCUT2D eigenvalue weighted by atomic mass is 16.4. The minimum atomic E-state index is -1.01. The number of amides is 2. The lowest BCUT2D eigenvalue weighted by atomic mass is 9.99. The molecule has 0 bridgehead atoms. The van der Waals surface area contributed by atoms with Gasteiger partial charge in [-0.25, -0.2) is 9.78 Å². The number of nitrogens with zero attached hydrogens (tertiary/aromatic N) is 2. The number of fused-ring (bicyclic) bond motifs is 1. The van der Waals surface area contributed by atoms with Crippen molar-refractivity contribution in [2.75, 3.05) is 6.54 Å². The molecule has 1 aliphatic heterocycles. The van der Waals surface area contributed by atoms with E-state index in [1.54, 1.807) is 25.1 Å². The molecule has 1 aromatic heterocycles. The molecule has 1 atom stereocenters. The monoisotopic (exact) mass is 289 g/mol. The number of carbonyl (C=O) groups is 2. The summed E-state index contributed by atoms with van der Waals surface area (Å²) in [4.78, 5) is 28.5. The second-order valence-corrected chi connectivity index (χ2v) is 5.35. The van der Waals surface area contributed by atoms with E-state index in [4.69, 9.17) is 10.2 Å². The van der Waals surface area contributed by atoms with E-state index in [0.29, 0.717) is 30.0 Å². The van der Waals surface area contributed by atoms with Crippen LogP contribution in [0.1, 0.15) is 36.0 Å². The van der Waals surface area contributed by atoms with Crippen molar-refractivity contribution in [3.63, 3.8) is 0 Å².